The van der Waals surface area contributed by atoms with Crippen molar-refractivity contribution < 1.29 is 23.6 Å². The summed E-state index contributed by atoms with van der Waals surface area (Å²) < 4.78 is 15.9. The molecule has 1 aromatic heterocycles. The highest BCUT2D eigenvalue weighted by molar-refractivity contribution is 6.32. The molecule has 5 rings (SSSR count). The van der Waals surface area contributed by atoms with Gasteiger partial charge in [-0.1, -0.05) is 28.0 Å². The number of hydrogen-bond acceptors (Lipinski definition) is 10. The van der Waals surface area contributed by atoms with Gasteiger partial charge in [0.25, 0.3) is 11.8 Å². The molecule has 2 unspecified atom stereocenters. The molecule has 0 spiro atoms. The van der Waals surface area contributed by atoms with Gasteiger partial charge in [-0.3, -0.25) is 14.6 Å². The van der Waals surface area contributed by atoms with E-state index in [-0.39, 0.29) is 12.4 Å². The smallest absolute Gasteiger partial charge is 0.263 e. The maximum atomic E-state index is 13.2. The molecular formula is C22H19ClN6O5. The molecule has 0 bridgehead atoms. The normalized spacial score (nSPS) is 19.2. The number of nitrogens with zero attached hydrogens (tertiary/aromatic N) is 6. The lowest BCUT2D eigenvalue weighted by Crippen LogP contribution is -2.39. The Morgan fingerprint density at radius 2 is 1.85 bits per heavy atom. The minimum absolute atomic E-state index is 0.00642. The molecule has 2 aromatic carbocycles. The summed E-state index contributed by atoms with van der Waals surface area (Å²) in [6.07, 6.45) is 0. The third kappa shape index (κ3) is 3.54. The summed E-state index contributed by atoms with van der Waals surface area (Å²) in [7, 11) is 3.08. The molecule has 1 saturated heterocycles. The van der Waals surface area contributed by atoms with Crippen molar-refractivity contribution in [2.24, 2.45) is 10.3 Å². The fourth-order valence-corrected chi connectivity index (χ4v) is 4.05. The average Bonchev–Trinajstić information content (AvgIpc) is 3.53. The number of carbonyl (C=O) groups is 2. The second-order valence-electron chi connectivity index (χ2n) is 7.72. The van der Waals surface area contributed by atoms with E-state index >= 15 is 0 Å². The quantitative estimate of drug-likeness (QED) is 0.491. The van der Waals surface area contributed by atoms with Gasteiger partial charge in [0.05, 0.1) is 19.9 Å². The Balaban J connectivity index is 1.35. The fourth-order valence-electron chi connectivity index (χ4n) is 3.88. The fraction of sp³-hybridized carbons (Fsp3) is 0.273. The van der Waals surface area contributed by atoms with E-state index in [4.69, 9.17) is 25.6 Å². The zero-order chi connectivity index (χ0) is 24.0. The summed E-state index contributed by atoms with van der Waals surface area (Å²) in [5.41, 5.74) is 1.89. The van der Waals surface area contributed by atoms with Crippen LogP contribution in [0.4, 0.5) is 5.69 Å². The number of methoxy groups -OCH3 is 2. The van der Waals surface area contributed by atoms with Gasteiger partial charge in [0, 0.05) is 10.6 Å². The molecule has 174 valence electrons. The van der Waals surface area contributed by atoms with Crippen molar-refractivity contribution in [3.63, 3.8) is 0 Å². The van der Waals surface area contributed by atoms with Gasteiger partial charge in [-0.2, -0.15) is 10.1 Å². The van der Waals surface area contributed by atoms with Crippen LogP contribution in [0, 0.1) is 6.92 Å². The van der Waals surface area contributed by atoms with Crippen molar-refractivity contribution in [1.29, 1.82) is 0 Å². The summed E-state index contributed by atoms with van der Waals surface area (Å²) in [5, 5.41) is 13.9. The molecule has 0 saturated carbocycles. The van der Waals surface area contributed by atoms with Gasteiger partial charge in [0.1, 0.15) is 6.54 Å². The SMILES string of the molecule is COc1ccc(-c2noc(CN3N=NC4C(=O)N(c5ccc(C)c(Cl)c5)C(=O)C43)n2)cc1OC. The third-order valence-corrected chi connectivity index (χ3v) is 6.09. The van der Waals surface area contributed by atoms with Crippen LogP contribution in [0.2, 0.25) is 5.02 Å². The lowest BCUT2D eigenvalue weighted by molar-refractivity contribution is -0.123. The van der Waals surface area contributed by atoms with Gasteiger partial charge < -0.3 is 14.0 Å². The summed E-state index contributed by atoms with van der Waals surface area (Å²) in [6, 6.07) is 8.40. The van der Waals surface area contributed by atoms with Crippen molar-refractivity contribution in [3.8, 4) is 22.9 Å². The van der Waals surface area contributed by atoms with E-state index in [1.54, 1.807) is 43.5 Å². The Morgan fingerprint density at radius 1 is 1.06 bits per heavy atom. The van der Waals surface area contributed by atoms with Crippen LogP contribution in [0.1, 0.15) is 11.5 Å². The molecule has 0 N–H and O–H groups in total. The van der Waals surface area contributed by atoms with E-state index in [1.165, 1.54) is 12.1 Å². The number of halogens is 1. The molecule has 0 radical (unpaired) electrons. The van der Waals surface area contributed by atoms with Crippen molar-refractivity contribution in [2.75, 3.05) is 19.1 Å². The van der Waals surface area contributed by atoms with Gasteiger partial charge in [-0.05, 0) is 42.8 Å². The second kappa shape index (κ2) is 8.41. The molecule has 2 aliphatic heterocycles. The van der Waals surface area contributed by atoms with Gasteiger partial charge >= 0.3 is 0 Å². The number of fused-ring (bicyclic) bond motifs is 1. The topological polar surface area (TPSA) is 123 Å². The predicted octanol–water partition coefficient (Wildman–Crippen LogP) is 3.21. The lowest BCUT2D eigenvalue weighted by atomic mass is 10.1. The molecule has 2 atom stereocenters. The standard InChI is InChI=1S/C22H19ClN6O5/c1-11-4-6-13(9-14(11)23)29-21(30)18-19(22(29)31)28(27-25-18)10-17-24-20(26-34-17)12-5-7-15(32-2)16(8-12)33-3/h4-9,18-19H,10H2,1-3H3. The maximum absolute atomic E-state index is 13.2. The zero-order valence-electron chi connectivity index (χ0n) is 18.4. The highest BCUT2D eigenvalue weighted by atomic mass is 35.5. The van der Waals surface area contributed by atoms with Crippen molar-refractivity contribution >= 4 is 29.1 Å². The van der Waals surface area contributed by atoms with E-state index in [0.29, 0.717) is 33.6 Å². The first-order chi connectivity index (χ1) is 16.4. The van der Waals surface area contributed by atoms with E-state index in [1.807, 2.05) is 6.92 Å². The van der Waals surface area contributed by atoms with E-state index in [9.17, 15) is 9.59 Å². The maximum Gasteiger partial charge on any atom is 0.263 e. The van der Waals surface area contributed by atoms with Crippen LogP contribution < -0.4 is 14.4 Å². The Kier molecular flexibility index (Phi) is 5.40. The van der Waals surface area contributed by atoms with Gasteiger partial charge in [0.2, 0.25) is 11.7 Å². The molecule has 3 aromatic rings. The van der Waals surface area contributed by atoms with Crippen LogP contribution >= 0.6 is 11.6 Å². The Labute approximate surface area is 198 Å². The van der Waals surface area contributed by atoms with E-state index in [2.05, 4.69) is 20.5 Å². The highest BCUT2D eigenvalue weighted by Gasteiger charge is 2.55. The number of imide groups is 1. The number of ether oxygens (including phenoxy) is 2. The van der Waals surface area contributed by atoms with Crippen molar-refractivity contribution in [3.05, 3.63) is 52.9 Å². The summed E-state index contributed by atoms with van der Waals surface area (Å²) in [6.45, 7) is 1.84. The number of amides is 2. The van der Waals surface area contributed by atoms with Gasteiger partial charge in [-0.15, -0.1) is 0 Å². The first kappa shape index (κ1) is 21.8. The largest absolute Gasteiger partial charge is 0.493 e. The summed E-state index contributed by atoms with van der Waals surface area (Å²) in [4.78, 5) is 31.5. The molecule has 11 nitrogen and oxygen atoms in total. The minimum atomic E-state index is -0.944. The van der Waals surface area contributed by atoms with Crippen LogP contribution in [0.5, 0.6) is 11.5 Å². The number of rotatable bonds is 6. The summed E-state index contributed by atoms with van der Waals surface area (Å²) in [5.74, 6) is 0.725. The van der Waals surface area contributed by atoms with Crippen LogP contribution in [-0.4, -0.2) is 53.3 Å². The van der Waals surface area contributed by atoms with Gasteiger partial charge in [-0.25, -0.2) is 4.90 Å². The minimum Gasteiger partial charge on any atom is -0.493 e. The molecular weight excluding hydrogens is 464 g/mol. The highest BCUT2D eigenvalue weighted by Crippen LogP contribution is 2.35. The number of aromatic nitrogens is 2. The number of aryl methyl sites for hydroxylation is 1. The van der Waals surface area contributed by atoms with Crippen LogP contribution in [0.15, 0.2) is 51.3 Å². The molecule has 1 fully saturated rings. The number of carbonyl (C=O) groups excluding carboxylic acids is 2. The Morgan fingerprint density at radius 3 is 2.59 bits per heavy atom. The molecule has 12 heteroatoms. The average molecular weight is 483 g/mol. The van der Waals surface area contributed by atoms with Gasteiger partial charge in [0.15, 0.2) is 23.6 Å². The Bertz CT molecular complexity index is 1320. The van der Waals surface area contributed by atoms with Crippen molar-refractivity contribution in [2.45, 2.75) is 25.6 Å². The number of benzene rings is 2. The first-order valence-corrected chi connectivity index (χ1v) is 10.7. The first-order valence-electron chi connectivity index (χ1n) is 10.3. The van der Waals surface area contributed by atoms with Crippen LogP contribution in [0.25, 0.3) is 11.4 Å². The molecule has 0 aliphatic carbocycles. The molecule has 34 heavy (non-hydrogen) atoms. The zero-order valence-corrected chi connectivity index (χ0v) is 19.2. The molecule has 3 heterocycles. The van der Waals surface area contributed by atoms with Crippen LogP contribution in [-0.2, 0) is 16.1 Å². The summed E-state index contributed by atoms with van der Waals surface area (Å²) >= 11 is 6.19. The number of hydrogen-bond donors (Lipinski definition) is 0. The third-order valence-electron chi connectivity index (χ3n) is 5.68. The Hall–Kier alpha value is -3.99. The monoisotopic (exact) mass is 482 g/mol. The molecule has 2 aliphatic rings. The second-order valence-corrected chi connectivity index (χ2v) is 8.13. The van der Waals surface area contributed by atoms with Crippen LogP contribution in [0.3, 0.4) is 0 Å². The van der Waals surface area contributed by atoms with Crippen molar-refractivity contribution in [1.82, 2.24) is 15.1 Å². The number of anilines is 1. The van der Waals surface area contributed by atoms with E-state index < -0.39 is 23.9 Å². The lowest BCUT2D eigenvalue weighted by Gasteiger charge is -2.19. The molecule has 2 amide bonds. The predicted molar refractivity (Wildman–Crippen MR) is 119 cm³/mol. The van der Waals surface area contributed by atoms with E-state index in [0.717, 1.165) is 10.5 Å².